The molecule has 1 aliphatic rings. The van der Waals surface area contributed by atoms with E-state index >= 15 is 0 Å². The summed E-state index contributed by atoms with van der Waals surface area (Å²) in [7, 11) is 0. The monoisotopic (exact) mass is 248 g/mol. The smallest absolute Gasteiger partial charge is 0.294 e. The van der Waals surface area contributed by atoms with Crippen LogP contribution in [0.4, 0.5) is 0 Å². The largest absolute Gasteiger partial charge is 0.308 e. The van der Waals surface area contributed by atoms with Crippen molar-refractivity contribution in [3.63, 3.8) is 0 Å². The Morgan fingerprint density at radius 1 is 1.12 bits per heavy atom. The van der Waals surface area contributed by atoms with Crippen molar-refractivity contribution in [3.05, 3.63) is 20.2 Å². The van der Waals surface area contributed by atoms with Crippen molar-refractivity contribution >= 4 is 0 Å². The van der Waals surface area contributed by atoms with Gasteiger partial charge in [0.1, 0.15) is 12.2 Å². The summed E-state index contributed by atoms with van der Waals surface area (Å²) in [6.07, 6.45) is 0.0445. The third kappa shape index (κ3) is 4.41. The zero-order valence-corrected chi connectivity index (χ0v) is 9.77. The number of rotatable bonds is 6. The predicted octanol–water partition coefficient (Wildman–Crippen LogP) is 1.60. The highest BCUT2D eigenvalue weighted by Gasteiger charge is 2.39. The van der Waals surface area contributed by atoms with E-state index < -0.39 is 22.4 Å². The zero-order chi connectivity index (χ0) is 13.0. The van der Waals surface area contributed by atoms with Crippen LogP contribution in [0, 0.1) is 32.1 Å². The van der Waals surface area contributed by atoms with E-state index in [1.807, 2.05) is 13.8 Å². The van der Waals surface area contributed by atoms with Gasteiger partial charge >= 0.3 is 0 Å². The maximum Gasteiger partial charge on any atom is 0.294 e. The molecular formula is C9H16N2O6. The number of hydrogen-bond acceptors (Lipinski definition) is 6. The lowest BCUT2D eigenvalue weighted by molar-refractivity contribution is -0.797. The molecule has 0 radical (unpaired) electrons. The van der Waals surface area contributed by atoms with Crippen LogP contribution in [0.2, 0.25) is 0 Å². The van der Waals surface area contributed by atoms with Gasteiger partial charge < -0.3 is 9.68 Å². The second-order valence-corrected chi connectivity index (χ2v) is 4.70. The first kappa shape index (κ1) is 13.5. The number of nitrogens with zero attached hydrogens (tertiary/aromatic N) is 2. The highest BCUT2D eigenvalue weighted by Crippen LogP contribution is 2.34. The fraction of sp³-hybridized carbons (Fsp3) is 1.00. The van der Waals surface area contributed by atoms with Crippen molar-refractivity contribution in [2.75, 3.05) is 0 Å². The second kappa shape index (κ2) is 5.65. The molecular weight excluding hydrogens is 232 g/mol. The molecule has 0 N–H and O–H groups in total. The van der Waals surface area contributed by atoms with Crippen LogP contribution in [0.1, 0.15) is 33.1 Å². The van der Waals surface area contributed by atoms with Crippen LogP contribution >= 0.6 is 0 Å². The summed E-state index contributed by atoms with van der Waals surface area (Å²) >= 11 is 0. The van der Waals surface area contributed by atoms with Crippen LogP contribution in [0.25, 0.3) is 0 Å². The summed E-state index contributed by atoms with van der Waals surface area (Å²) in [5.74, 6) is 0.607. The summed E-state index contributed by atoms with van der Waals surface area (Å²) in [6.45, 7) is 4.07. The summed E-state index contributed by atoms with van der Waals surface area (Å²) in [6, 6.07) is 0. The Balaban J connectivity index is 2.58. The molecule has 8 nitrogen and oxygen atoms in total. The first-order valence-corrected chi connectivity index (χ1v) is 5.50. The molecule has 0 aromatic carbocycles. The van der Waals surface area contributed by atoms with Gasteiger partial charge in [-0.2, -0.15) is 0 Å². The Bertz CT molecular complexity index is 271. The first-order chi connectivity index (χ1) is 7.88. The minimum Gasteiger partial charge on any atom is -0.308 e. The minimum absolute atomic E-state index is 0.171. The highest BCUT2D eigenvalue weighted by atomic mass is 17.0. The van der Waals surface area contributed by atoms with E-state index in [1.54, 1.807) is 0 Å². The normalized spacial score (nSPS) is 28.1. The Morgan fingerprint density at radius 2 is 1.53 bits per heavy atom. The maximum atomic E-state index is 10.3. The van der Waals surface area contributed by atoms with Crippen LogP contribution in [0.3, 0.4) is 0 Å². The lowest BCUT2D eigenvalue weighted by Gasteiger charge is -2.14. The SMILES string of the molecule is CC(C)C[C@H]1C[C@H](O[N+](=O)[O-])[C@H](O[N+](=O)[O-])C1. The van der Waals surface area contributed by atoms with Crippen LogP contribution < -0.4 is 0 Å². The summed E-state index contributed by atoms with van der Waals surface area (Å²) in [5.41, 5.74) is 0. The Morgan fingerprint density at radius 3 is 1.82 bits per heavy atom. The van der Waals surface area contributed by atoms with Gasteiger partial charge in [0, 0.05) is 0 Å². The van der Waals surface area contributed by atoms with Crippen LogP contribution in [0.15, 0.2) is 0 Å². The molecule has 1 aliphatic carbocycles. The molecule has 0 spiro atoms. The molecule has 3 atom stereocenters. The summed E-state index contributed by atoms with van der Waals surface area (Å²) in [5, 5.41) is 18.7. The average molecular weight is 248 g/mol. The van der Waals surface area contributed by atoms with Gasteiger partial charge in [0.05, 0.1) is 0 Å². The van der Waals surface area contributed by atoms with E-state index in [0.29, 0.717) is 18.8 Å². The van der Waals surface area contributed by atoms with Gasteiger partial charge in [-0.25, -0.2) is 0 Å². The van der Waals surface area contributed by atoms with Crippen molar-refractivity contribution in [2.24, 2.45) is 11.8 Å². The standard InChI is InChI=1S/C9H16N2O6/c1-6(2)3-7-4-8(16-10(12)13)9(5-7)17-11(14)15/h6-9H,3-5H2,1-2H3/t7-,8-,9+. The Kier molecular flexibility index (Phi) is 4.47. The van der Waals surface area contributed by atoms with E-state index in [9.17, 15) is 20.2 Å². The van der Waals surface area contributed by atoms with E-state index in [1.165, 1.54) is 0 Å². The third-order valence-electron chi connectivity index (χ3n) is 2.79. The second-order valence-electron chi connectivity index (χ2n) is 4.70. The van der Waals surface area contributed by atoms with Crippen molar-refractivity contribution in [1.29, 1.82) is 0 Å². The first-order valence-electron chi connectivity index (χ1n) is 5.50. The molecule has 0 bridgehead atoms. The molecule has 0 unspecified atom stereocenters. The quantitative estimate of drug-likeness (QED) is 0.522. The molecule has 1 rings (SSSR count). The van der Waals surface area contributed by atoms with Crippen LogP contribution in [-0.4, -0.2) is 22.4 Å². The maximum absolute atomic E-state index is 10.3. The summed E-state index contributed by atoms with van der Waals surface area (Å²) < 4.78 is 0. The van der Waals surface area contributed by atoms with Crippen molar-refractivity contribution in [3.8, 4) is 0 Å². The fourth-order valence-electron chi connectivity index (χ4n) is 2.36. The van der Waals surface area contributed by atoms with Gasteiger partial charge in [0.2, 0.25) is 0 Å². The third-order valence-corrected chi connectivity index (χ3v) is 2.79. The molecule has 17 heavy (non-hydrogen) atoms. The Labute approximate surface area is 98.1 Å². The van der Waals surface area contributed by atoms with Gasteiger partial charge in [-0.15, -0.1) is 20.2 Å². The van der Waals surface area contributed by atoms with E-state index in [0.717, 1.165) is 6.42 Å². The van der Waals surface area contributed by atoms with Crippen molar-refractivity contribution in [2.45, 2.75) is 45.3 Å². The molecule has 0 aliphatic heterocycles. The number of hydrogen-bond donors (Lipinski definition) is 0. The minimum atomic E-state index is -0.918. The molecule has 0 aromatic heterocycles. The van der Waals surface area contributed by atoms with Gasteiger partial charge in [0.25, 0.3) is 10.2 Å². The van der Waals surface area contributed by atoms with Gasteiger partial charge in [-0.05, 0) is 31.1 Å². The summed E-state index contributed by atoms with van der Waals surface area (Å²) in [4.78, 5) is 29.4. The predicted molar refractivity (Wildman–Crippen MR) is 55.9 cm³/mol. The molecule has 0 amide bonds. The van der Waals surface area contributed by atoms with Crippen molar-refractivity contribution < 1.29 is 19.8 Å². The topological polar surface area (TPSA) is 105 Å². The molecule has 0 saturated heterocycles. The molecule has 1 saturated carbocycles. The molecule has 1 fully saturated rings. The lowest BCUT2D eigenvalue weighted by Crippen LogP contribution is -2.30. The van der Waals surface area contributed by atoms with Gasteiger partial charge in [0.15, 0.2) is 0 Å². The molecule has 8 heteroatoms. The van der Waals surface area contributed by atoms with E-state index in [-0.39, 0.29) is 5.92 Å². The molecule has 0 heterocycles. The highest BCUT2D eigenvalue weighted by molar-refractivity contribution is 4.84. The van der Waals surface area contributed by atoms with Crippen LogP contribution in [-0.2, 0) is 9.68 Å². The van der Waals surface area contributed by atoms with Crippen LogP contribution in [0.5, 0.6) is 0 Å². The molecule has 98 valence electrons. The average Bonchev–Trinajstić information content (AvgIpc) is 2.44. The van der Waals surface area contributed by atoms with E-state index in [4.69, 9.17) is 0 Å². The fourth-order valence-corrected chi connectivity index (χ4v) is 2.36. The van der Waals surface area contributed by atoms with Crippen molar-refractivity contribution in [1.82, 2.24) is 0 Å². The zero-order valence-electron chi connectivity index (χ0n) is 9.77. The van der Waals surface area contributed by atoms with E-state index in [2.05, 4.69) is 9.68 Å². The lowest BCUT2D eigenvalue weighted by atomic mass is 9.96. The van der Waals surface area contributed by atoms with Gasteiger partial charge in [-0.3, -0.25) is 0 Å². The van der Waals surface area contributed by atoms with Gasteiger partial charge in [-0.1, -0.05) is 13.8 Å². The molecule has 0 aromatic rings. The Hall–Kier alpha value is -1.60.